The molecule has 0 aromatic heterocycles. The van der Waals surface area contributed by atoms with Crippen molar-refractivity contribution in [3.8, 4) is 11.5 Å². The second-order valence-electron chi connectivity index (χ2n) is 8.86. The van der Waals surface area contributed by atoms with Gasteiger partial charge in [-0.25, -0.2) is 0 Å². The topological polar surface area (TPSA) is 44.8 Å². The molecule has 0 amide bonds. The lowest BCUT2D eigenvalue weighted by molar-refractivity contribution is -0.143. The SMILES string of the molecule is CCCCCCCC/C=C\CCCCCCCC(=O)OCC/C=C/c1ccc(OC)c(OC)c1. The first-order valence-electron chi connectivity index (χ1n) is 13.4. The Labute approximate surface area is 208 Å². The number of ether oxygens (including phenoxy) is 3. The van der Waals surface area contributed by atoms with Gasteiger partial charge in [-0.2, -0.15) is 0 Å². The zero-order chi connectivity index (χ0) is 24.7. The molecule has 0 aliphatic rings. The number of esters is 1. The molecule has 0 aliphatic carbocycles. The molecule has 0 unspecified atom stereocenters. The first-order chi connectivity index (χ1) is 16.7. The summed E-state index contributed by atoms with van der Waals surface area (Å²) in [6.07, 6.45) is 26.3. The third kappa shape index (κ3) is 15.6. The lowest BCUT2D eigenvalue weighted by atomic mass is 10.1. The molecule has 0 heterocycles. The van der Waals surface area contributed by atoms with E-state index >= 15 is 0 Å². The van der Waals surface area contributed by atoms with E-state index < -0.39 is 0 Å². The van der Waals surface area contributed by atoms with Gasteiger partial charge in [-0.15, -0.1) is 0 Å². The third-order valence-electron chi connectivity index (χ3n) is 5.91. The Bertz CT molecular complexity index is 693. The molecule has 1 rings (SSSR count). The summed E-state index contributed by atoms with van der Waals surface area (Å²) in [4.78, 5) is 11.9. The van der Waals surface area contributed by atoms with Gasteiger partial charge in [0.05, 0.1) is 20.8 Å². The Hall–Kier alpha value is -2.23. The van der Waals surface area contributed by atoms with Crippen molar-refractivity contribution >= 4 is 12.0 Å². The van der Waals surface area contributed by atoms with E-state index in [1.807, 2.05) is 30.4 Å². The van der Waals surface area contributed by atoms with E-state index in [0.717, 1.165) is 18.4 Å². The number of allylic oxidation sites excluding steroid dienone is 2. The fourth-order valence-corrected chi connectivity index (χ4v) is 3.83. The average molecular weight is 473 g/mol. The first kappa shape index (κ1) is 29.8. The fourth-order valence-electron chi connectivity index (χ4n) is 3.83. The highest BCUT2D eigenvalue weighted by molar-refractivity contribution is 5.69. The maximum absolute atomic E-state index is 11.9. The number of unbranched alkanes of at least 4 members (excludes halogenated alkanes) is 11. The molecule has 0 N–H and O–H groups in total. The van der Waals surface area contributed by atoms with E-state index in [9.17, 15) is 4.79 Å². The Balaban J connectivity index is 1.95. The third-order valence-corrected chi connectivity index (χ3v) is 5.91. The van der Waals surface area contributed by atoms with Crippen LogP contribution >= 0.6 is 0 Å². The van der Waals surface area contributed by atoms with Gasteiger partial charge in [0.15, 0.2) is 11.5 Å². The van der Waals surface area contributed by atoms with Crippen molar-refractivity contribution in [3.05, 3.63) is 42.0 Å². The predicted molar refractivity (Wildman–Crippen MR) is 144 cm³/mol. The van der Waals surface area contributed by atoms with Crippen LogP contribution in [0.25, 0.3) is 6.08 Å². The highest BCUT2D eigenvalue weighted by Crippen LogP contribution is 2.28. The van der Waals surface area contributed by atoms with Crippen molar-refractivity contribution < 1.29 is 19.0 Å². The Morgan fingerprint density at radius 3 is 2.00 bits per heavy atom. The minimum Gasteiger partial charge on any atom is -0.493 e. The summed E-state index contributed by atoms with van der Waals surface area (Å²) in [5.41, 5.74) is 1.03. The highest BCUT2D eigenvalue weighted by Gasteiger charge is 2.03. The van der Waals surface area contributed by atoms with Crippen molar-refractivity contribution in [3.63, 3.8) is 0 Å². The number of rotatable bonds is 21. The van der Waals surface area contributed by atoms with Crippen LogP contribution in [0.1, 0.15) is 109 Å². The molecule has 192 valence electrons. The van der Waals surface area contributed by atoms with Gasteiger partial charge in [-0.05, 0) is 56.2 Å². The summed E-state index contributed by atoms with van der Waals surface area (Å²) >= 11 is 0. The van der Waals surface area contributed by atoms with E-state index in [1.54, 1.807) is 14.2 Å². The maximum atomic E-state index is 11.9. The number of carbonyl (C=O) groups excluding carboxylic acids is 1. The molecule has 0 saturated carbocycles. The summed E-state index contributed by atoms with van der Waals surface area (Å²) < 4.78 is 15.9. The van der Waals surface area contributed by atoms with Gasteiger partial charge in [0, 0.05) is 6.42 Å². The molecule has 0 radical (unpaired) electrons. The number of hydrogen-bond acceptors (Lipinski definition) is 4. The number of methoxy groups -OCH3 is 2. The number of carbonyl (C=O) groups is 1. The molecule has 0 bridgehead atoms. The Kier molecular flexibility index (Phi) is 18.7. The lowest BCUT2D eigenvalue weighted by Crippen LogP contribution is -2.04. The van der Waals surface area contributed by atoms with Crippen LogP contribution in [0.3, 0.4) is 0 Å². The number of benzene rings is 1. The first-order valence-corrected chi connectivity index (χ1v) is 13.4. The quantitative estimate of drug-likeness (QED) is 0.102. The van der Waals surface area contributed by atoms with Crippen molar-refractivity contribution in [2.45, 2.75) is 103 Å². The normalized spacial score (nSPS) is 11.4. The van der Waals surface area contributed by atoms with Gasteiger partial charge in [-0.3, -0.25) is 4.79 Å². The van der Waals surface area contributed by atoms with Gasteiger partial charge in [-0.1, -0.05) is 88.7 Å². The lowest BCUT2D eigenvalue weighted by Gasteiger charge is -2.07. The molecule has 34 heavy (non-hydrogen) atoms. The van der Waals surface area contributed by atoms with Gasteiger partial charge in [0.2, 0.25) is 0 Å². The van der Waals surface area contributed by atoms with Crippen molar-refractivity contribution in [1.82, 2.24) is 0 Å². The van der Waals surface area contributed by atoms with E-state index in [2.05, 4.69) is 19.1 Å². The van der Waals surface area contributed by atoms with Crippen LogP contribution in [0, 0.1) is 0 Å². The minimum atomic E-state index is -0.0860. The standard InChI is InChI=1S/C30H48O4/c1-4-5-6-7-8-9-10-11-12-13-14-15-16-17-18-22-30(31)34-25-20-19-21-27-23-24-28(32-2)29(26-27)33-3/h11-12,19,21,23-24,26H,4-10,13-18,20,22,25H2,1-3H3/b12-11-,21-19+. The van der Waals surface area contributed by atoms with Crippen LogP contribution < -0.4 is 9.47 Å². The van der Waals surface area contributed by atoms with E-state index in [0.29, 0.717) is 30.9 Å². The van der Waals surface area contributed by atoms with Crippen LogP contribution in [0.15, 0.2) is 36.4 Å². The molecular weight excluding hydrogens is 424 g/mol. The van der Waals surface area contributed by atoms with Crippen molar-refractivity contribution in [1.29, 1.82) is 0 Å². The highest BCUT2D eigenvalue weighted by atomic mass is 16.5. The summed E-state index contributed by atoms with van der Waals surface area (Å²) in [6.45, 7) is 2.69. The Morgan fingerprint density at radius 2 is 1.35 bits per heavy atom. The van der Waals surface area contributed by atoms with Crippen LogP contribution in [-0.4, -0.2) is 26.8 Å². The zero-order valence-electron chi connectivity index (χ0n) is 22.0. The van der Waals surface area contributed by atoms with Crippen LogP contribution in [0.4, 0.5) is 0 Å². The van der Waals surface area contributed by atoms with Gasteiger partial charge >= 0.3 is 5.97 Å². The molecule has 0 saturated heterocycles. The second kappa shape index (κ2) is 21.3. The van der Waals surface area contributed by atoms with Crippen LogP contribution in [0.2, 0.25) is 0 Å². The summed E-state index contributed by atoms with van der Waals surface area (Å²) in [5.74, 6) is 1.33. The van der Waals surface area contributed by atoms with E-state index in [4.69, 9.17) is 14.2 Å². The van der Waals surface area contributed by atoms with E-state index in [-0.39, 0.29) is 5.97 Å². The monoisotopic (exact) mass is 472 g/mol. The van der Waals surface area contributed by atoms with Crippen LogP contribution in [-0.2, 0) is 9.53 Å². The molecule has 1 aromatic rings. The summed E-state index contributed by atoms with van der Waals surface area (Å²) in [6, 6.07) is 5.78. The smallest absolute Gasteiger partial charge is 0.305 e. The molecule has 4 nitrogen and oxygen atoms in total. The Morgan fingerprint density at radius 1 is 0.735 bits per heavy atom. The van der Waals surface area contributed by atoms with Crippen molar-refractivity contribution in [2.75, 3.05) is 20.8 Å². The van der Waals surface area contributed by atoms with Gasteiger partial charge in [0.1, 0.15) is 0 Å². The molecular formula is C30H48O4. The van der Waals surface area contributed by atoms with Gasteiger partial charge < -0.3 is 14.2 Å². The number of hydrogen-bond donors (Lipinski definition) is 0. The summed E-state index contributed by atoms with van der Waals surface area (Å²) in [7, 11) is 3.25. The average Bonchev–Trinajstić information content (AvgIpc) is 2.86. The molecule has 1 aromatic carbocycles. The molecule has 0 fully saturated rings. The molecule has 0 spiro atoms. The second-order valence-corrected chi connectivity index (χ2v) is 8.86. The summed E-state index contributed by atoms with van der Waals surface area (Å²) in [5, 5.41) is 0. The van der Waals surface area contributed by atoms with Crippen LogP contribution in [0.5, 0.6) is 11.5 Å². The molecule has 4 heteroatoms. The minimum absolute atomic E-state index is 0.0860. The zero-order valence-corrected chi connectivity index (χ0v) is 22.0. The van der Waals surface area contributed by atoms with Gasteiger partial charge in [0.25, 0.3) is 0 Å². The van der Waals surface area contributed by atoms with E-state index in [1.165, 1.54) is 70.6 Å². The fraction of sp³-hybridized carbons (Fsp3) is 0.633. The molecule has 0 atom stereocenters. The maximum Gasteiger partial charge on any atom is 0.305 e. The van der Waals surface area contributed by atoms with Crippen molar-refractivity contribution in [2.24, 2.45) is 0 Å². The largest absolute Gasteiger partial charge is 0.493 e. The molecule has 0 aliphatic heterocycles. The predicted octanol–water partition coefficient (Wildman–Crippen LogP) is 8.69.